The lowest BCUT2D eigenvalue weighted by molar-refractivity contribution is -0.789. The lowest BCUT2D eigenvalue weighted by Gasteiger charge is -2.19. The van der Waals surface area contributed by atoms with Crippen LogP contribution in [0.25, 0.3) is 0 Å². The van der Waals surface area contributed by atoms with E-state index >= 15 is 0 Å². The summed E-state index contributed by atoms with van der Waals surface area (Å²) in [6.07, 6.45) is 0. The fraction of sp³-hybridized carbons (Fsp3) is 0.571. The maximum Gasteiger partial charge on any atom is 0.340 e. The van der Waals surface area contributed by atoms with Crippen molar-refractivity contribution < 1.29 is 9.28 Å². The van der Waals surface area contributed by atoms with Gasteiger partial charge >= 0.3 is 5.91 Å². The summed E-state index contributed by atoms with van der Waals surface area (Å²) >= 11 is 0. The third-order valence-corrected chi connectivity index (χ3v) is 0.974. The zero-order valence-corrected chi connectivity index (χ0v) is 7.79. The van der Waals surface area contributed by atoms with Crippen LogP contribution in [0.4, 0.5) is 0 Å². The SMILES string of the molecule is C=C(C)C(=O)[N+](C)(C)C.Cl. The molecule has 10 heavy (non-hydrogen) atoms. The van der Waals surface area contributed by atoms with Crippen LogP contribution < -0.4 is 0 Å². The van der Waals surface area contributed by atoms with Gasteiger partial charge in [0.2, 0.25) is 0 Å². The summed E-state index contributed by atoms with van der Waals surface area (Å²) in [5, 5.41) is 0. The van der Waals surface area contributed by atoms with Crippen molar-refractivity contribution in [3.8, 4) is 0 Å². The fourth-order valence-electron chi connectivity index (χ4n) is 0.573. The van der Waals surface area contributed by atoms with E-state index in [4.69, 9.17) is 0 Å². The number of rotatable bonds is 1. The first-order chi connectivity index (χ1) is 3.85. The highest BCUT2D eigenvalue weighted by Crippen LogP contribution is 1.99. The molecule has 1 amide bonds. The van der Waals surface area contributed by atoms with Crippen LogP contribution in [-0.4, -0.2) is 31.5 Å². The minimum atomic E-state index is 0. The summed E-state index contributed by atoms with van der Waals surface area (Å²) in [5.41, 5.74) is 0.613. The smallest absolute Gasteiger partial charge is 0.264 e. The van der Waals surface area contributed by atoms with Gasteiger partial charge in [-0.2, -0.15) is 0 Å². The third-order valence-electron chi connectivity index (χ3n) is 0.974. The molecule has 2 nitrogen and oxygen atoms in total. The van der Waals surface area contributed by atoms with Crippen LogP contribution in [0.1, 0.15) is 6.92 Å². The van der Waals surface area contributed by atoms with Crippen molar-refractivity contribution in [1.29, 1.82) is 0 Å². The molecule has 0 unspecified atom stereocenters. The Balaban J connectivity index is 0. The zero-order chi connectivity index (χ0) is 7.65. The van der Waals surface area contributed by atoms with Crippen molar-refractivity contribution in [3.05, 3.63) is 12.2 Å². The molecule has 0 fully saturated rings. The summed E-state index contributed by atoms with van der Waals surface area (Å²) < 4.78 is 0.329. The van der Waals surface area contributed by atoms with Crippen LogP contribution in [0.15, 0.2) is 12.2 Å². The van der Waals surface area contributed by atoms with Gasteiger partial charge in [0.15, 0.2) is 0 Å². The molecule has 60 valence electrons. The molecule has 0 heterocycles. The van der Waals surface area contributed by atoms with Gasteiger partial charge in [-0.15, -0.1) is 12.4 Å². The molecular weight excluding hydrogens is 150 g/mol. The van der Waals surface area contributed by atoms with Gasteiger partial charge in [-0.05, 0) is 6.92 Å². The van der Waals surface area contributed by atoms with Crippen molar-refractivity contribution in [2.45, 2.75) is 6.92 Å². The predicted octanol–water partition coefficient (Wildman–Crippen LogP) is 1.22. The first-order valence-corrected chi connectivity index (χ1v) is 2.87. The Hall–Kier alpha value is -0.340. The Bertz CT molecular complexity index is 146. The first-order valence-electron chi connectivity index (χ1n) is 2.87. The molecule has 0 saturated carbocycles. The monoisotopic (exact) mass is 164 g/mol. The highest BCUT2D eigenvalue weighted by Gasteiger charge is 2.19. The molecular formula is C7H15ClNO+. The van der Waals surface area contributed by atoms with E-state index < -0.39 is 0 Å². The lowest BCUT2D eigenvalue weighted by atomic mass is 10.3. The normalized spacial score (nSPS) is 10.0. The summed E-state index contributed by atoms with van der Waals surface area (Å²) in [6.45, 7) is 5.28. The summed E-state index contributed by atoms with van der Waals surface area (Å²) in [6, 6.07) is 0. The van der Waals surface area contributed by atoms with E-state index in [2.05, 4.69) is 6.58 Å². The average molecular weight is 165 g/mol. The summed E-state index contributed by atoms with van der Waals surface area (Å²) in [5.74, 6) is 0.0787. The number of hydrogen-bond acceptors (Lipinski definition) is 1. The molecule has 0 aromatic carbocycles. The van der Waals surface area contributed by atoms with E-state index in [0.717, 1.165) is 0 Å². The van der Waals surface area contributed by atoms with Gasteiger partial charge in [-0.1, -0.05) is 6.58 Å². The molecule has 0 aliphatic rings. The number of carbonyl (C=O) groups excluding carboxylic acids is 1. The van der Waals surface area contributed by atoms with Crippen molar-refractivity contribution in [2.24, 2.45) is 0 Å². The molecule has 0 radical (unpaired) electrons. The maximum atomic E-state index is 11.0. The Kier molecular flexibility index (Phi) is 4.61. The van der Waals surface area contributed by atoms with Gasteiger partial charge in [-0.3, -0.25) is 4.48 Å². The summed E-state index contributed by atoms with van der Waals surface area (Å²) in [4.78, 5) is 11.0. The van der Waals surface area contributed by atoms with Crippen molar-refractivity contribution >= 4 is 18.3 Å². The molecule has 0 aromatic rings. The standard InChI is InChI=1S/C7H14NO.ClH/c1-6(2)7(9)8(3,4)5;/h1H2,2-5H3;1H/q+1;. The van der Waals surface area contributed by atoms with Gasteiger partial charge in [0.25, 0.3) is 0 Å². The van der Waals surface area contributed by atoms with E-state index in [1.54, 1.807) is 6.92 Å². The molecule has 0 spiro atoms. The number of carbonyl (C=O) groups is 1. The molecule has 3 heteroatoms. The van der Waals surface area contributed by atoms with E-state index in [1.165, 1.54) is 0 Å². The Labute approximate surface area is 68.5 Å². The van der Waals surface area contributed by atoms with Crippen LogP contribution in [-0.2, 0) is 4.79 Å². The number of hydrogen-bond donors (Lipinski definition) is 0. The molecule has 0 aliphatic carbocycles. The second kappa shape index (κ2) is 3.74. The third kappa shape index (κ3) is 3.64. The quantitative estimate of drug-likeness (QED) is 0.421. The van der Waals surface area contributed by atoms with Gasteiger partial charge in [-0.25, -0.2) is 4.79 Å². The van der Waals surface area contributed by atoms with E-state index in [9.17, 15) is 4.79 Å². The molecule has 0 aromatic heterocycles. The van der Waals surface area contributed by atoms with Crippen molar-refractivity contribution in [3.63, 3.8) is 0 Å². The molecule has 0 atom stereocenters. The summed E-state index contributed by atoms with van der Waals surface area (Å²) in [7, 11) is 5.49. The number of nitrogens with zero attached hydrogens (tertiary/aromatic N) is 1. The van der Waals surface area contributed by atoms with Gasteiger partial charge in [0.1, 0.15) is 0 Å². The average Bonchev–Trinajstić information content (AvgIpc) is 1.62. The number of quaternary nitrogens is 1. The number of amides is 1. The Morgan fingerprint density at radius 1 is 1.30 bits per heavy atom. The van der Waals surface area contributed by atoms with Crippen LogP contribution >= 0.6 is 12.4 Å². The molecule has 0 N–H and O–H groups in total. The highest BCUT2D eigenvalue weighted by molar-refractivity contribution is 5.86. The van der Waals surface area contributed by atoms with E-state index in [-0.39, 0.29) is 18.3 Å². The highest BCUT2D eigenvalue weighted by atomic mass is 35.5. The van der Waals surface area contributed by atoms with Gasteiger partial charge < -0.3 is 0 Å². The Morgan fingerprint density at radius 2 is 1.60 bits per heavy atom. The van der Waals surface area contributed by atoms with Gasteiger partial charge in [0.05, 0.1) is 21.1 Å². The van der Waals surface area contributed by atoms with E-state index in [1.807, 2.05) is 21.1 Å². The minimum Gasteiger partial charge on any atom is -0.264 e. The maximum absolute atomic E-state index is 11.0. The first kappa shape index (κ1) is 12.3. The Morgan fingerprint density at radius 3 is 1.60 bits per heavy atom. The van der Waals surface area contributed by atoms with Crippen molar-refractivity contribution in [2.75, 3.05) is 21.1 Å². The topological polar surface area (TPSA) is 17.1 Å². The number of likely N-dealkylation sites (N-methyl/N-ethyl adjacent to an activating group) is 1. The van der Waals surface area contributed by atoms with Crippen LogP contribution in [0, 0.1) is 0 Å². The second-order valence-electron chi connectivity index (χ2n) is 3.10. The molecule has 0 saturated heterocycles. The van der Waals surface area contributed by atoms with E-state index in [0.29, 0.717) is 10.1 Å². The predicted molar refractivity (Wildman–Crippen MR) is 45.1 cm³/mol. The van der Waals surface area contributed by atoms with Crippen LogP contribution in [0.3, 0.4) is 0 Å². The minimum absolute atomic E-state index is 0. The number of halogens is 1. The lowest BCUT2D eigenvalue weighted by Crippen LogP contribution is -2.41. The van der Waals surface area contributed by atoms with Crippen molar-refractivity contribution in [1.82, 2.24) is 0 Å². The van der Waals surface area contributed by atoms with Gasteiger partial charge in [0, 0.05) is 5.57 Å². The molecule has 0 bridgehead atoms. The second-order valence-corrected chi connectivity index (χ2v) is 3.10. The fourth-order valence-corrected chi connectivity index (χ4v) is 0.573. The largest absolute Gasteiger partial charge is 0.340 e. The molecule has 0 aliphatic heterocycles. The van der Waals surface area contributed by atoms with Crippen LogP contribution in [0.2, 0.25) is 0 Å². The molecule has 0 rings (SSSR count). The zero-order valence-electron chi connectivity index (χ0n) is 6.97. The van der Waals surface area contributed by atoms with Crippen LogP contribution in [0.5, 0.6) is 0 Å².